The van der Waals surface area contributed by atoms with Crippen LogP contribution in [-0.4, -0.2) is 47.7 Å². The summed E-state index contributed by atoms with van der Waals surface area (Å²) in [7, 11) is -5.09. The summed E-state index contributed by atoms with van der Waals surface area (Å²) in [5, 5.41) is 0. The van der Waals surface area contributed by atoms with Gasteiger partial charge in [0.1, 0.15) is 26.9 Å². The number of esters is 3. The van der Waals surface area contributed by atoms with Crippen LogP contribution in [0.15, 0.2) is 89.8 Å². The van der Waals surface area contributed by atoms with Crippen LogP contribution >= 0.6 is 0 Å². The number of hydrogen-bond donors (Lipinski definition) is 0. The lowest BCUT2D eigenvalue weighted by Gasteiger charge is -2.22. The summed E-state index contributed by atoms with van der Waals surface area (Å²) in [5.74, 6) is -1.61. The Kier molecular flexibility index (Phi) is 10.3. The van der Waals surface area contributed by atoms with E-state index in [1.54, 1.807) is 123 Å². The van der Waals surface area contributed by atoms with Crippen LogP contribution in [0.4, 0.5) is 0 Å². The summed E-state index contributed by atoms with van der Waals surface area (Å²) in [6, 6.07) is 22.0. The molecule has 9 nitrogen and oxygen atoms in total. The Morgan fingerprint density at radius 3 is 0.980 bits per heavy atom. The Bertz CT molecular complexity index is 1880. The molecule has 0 bridgehead atoms. The van der Waals surface area contributed by atoms with Crippen LogP contribution in [0.2, 0.25) is 0 Å². The third-order valence-corrected chi connectivity index (χ3v) is 7.79. The number of hydrogen-bond acceptors (Lipinski definition) is 9. The lowest BCUT2D eigenvalue weighted by molar-refractivity contribution is 0.00570. The SMILES string of the molecule is CC(C)(C)OC(=O)c1ccc(-c2cc(-c3ccc(C(=O)OC(C)(C)C)cc3)c(S(=O)(=O)[O-])c(-c3ccc(C(=O)OC(C)(C)C)cc3)c2)cc1. The van der Waals surface area contributed by atoms with E-state index < -0.39 is 49.7 Å². The Labute approximate surface area is 288 Å². The fourth-order valence-electron chi connectivity index (χ4n) is 4.88. The van der Waals surface area contributed by atoms with Crippen molar-refractivity contribution in [3.8, 4) is 33.4 Å². The number of rotatable bonds is 7. The standard InChI is InChI=1S/C39H42O9S/c1-37(2,3)46-34(40)27-16-10-24(11-17-27)30-22-31(25-12-18-28(19-13-25)35(41)47-38(4,5)6)33(49(43,44)45)32(23-30)26-14-20-29(21-15-26)36(42)48-39(7,8)9/h10-23H,1-9H3,(H,43,44,45)/p-1. The second kappa shape index (κ2) is 13.6. The van der Waals surface area contributed by atoms with E-state index in [1.165, 1.54) is 24.3 Å². The van der Waals surface area contributed by atoms with Gasteiger partial charge in [0.25, 0.3) is 0 Å². The molecular weight excluding hydrogens is 644 g/mol. The topological polar surface area (TPSA) is 136 Å². The van der Waals surface area contributed by atoms with Gasteiger partial charge in [0.15, 0.2) is 0 Å². The maximum atomic E-state index is 13.0. The predicted molar refractivity (Wildman–Crippen MR) is 186 cm³/mol. The third-order valence-electron chi connectivity index (χ3n) is 6.85. The molecule has 49 heavy (non-hydrogen) atoms. The van der Waals surface area contributed by atoms with Crippen LogP contribution in [0.5, 0.6) is 0 Å². The molecule has 0 atom stereocenters. The van der Waals surface area contributed by atoms with E-state index >= 15 is 0 Å². The molecule has 0 fully saturated rings. The number of benzene rings is 4. The summed E-state index contributed by atoms with van der Waals surface area (Å²) in [5.41, 5.74) is 0.792. The van der Waals surface area contributed by atoms with Crippen molar-refractivity contribution >= 4 is 28.0 Å². The highest BCUT2D eigenvalue weighted by molar-refractivity contribution is 7.86. The van der Waals surface area contributed by atoms with E-state index in [2.05, 4.69) is 0 Å². The van der Waals surface area contributed by atoms with Crippen LogP contribution in [0.3, 0.4) is 0 Å². The van der Waals surface area contributed by atoms with Gasteiger partial charge in [-0.25, -0.2) is 22.8 Å². The van der Waals surface area contributed by atoms with Crippen molar-refractivity contribution in [2.75, 3.05) is 0 Å². The van der Waals surface area contributed by atoms with E-state index in [0.717, 1.165) is 0 Å². The molecule has 0 N–H and O–H groups in total. The van der Waals surface area contributed by atoms with Gasteiger partial charge in [0.05, 0.1) is 21.6 Å². The first kappa shape index (κ1) is 37.0. The van der Waals surface area contributed by atoms with Gasteiger partial charge in [-0.1, -0.05) is 36.4 Å². The van der Waals surface area contributed by atoms with E-state index in [-0.39, 0.29) is 22.3 Å². The second-order valence-corrected chi connectivity index (χ2v) is 15.9. The lowest BCUT2D eigenvalue weighted by Crippen LogP contribution is -2.23. The first-order chi connectivity index (χ1) is 22.5. The third kappa shape index (κ3) is 9.87. The average molecular weight is 686 g/mol. The summed E-state index contributed by atoms with van der Waals surface area (Å²) < 4.78 is 55.4. The zero-order valence-electron chi connectivity index (χ0n) is 29.2. The maximum Gasteiger partial charge on any atom is 0.338 e. The zero-order chi connectivity index (χ0) is 36.5. The van der Waals surface area contributed by atoms with Crippen molar-refractivity contribution in [2.45, 2.75) is 84.0 Å². The van der Waals surface area contributed by atoms with Gasteiger partial charge < -0.3 is 18.8 Å². The number of carbonyl (C=O) groups excluding carboxylic acids is 3. The van der Waals surface area contributed by atoms with E-state index in [1.807, 2.05) is 0 Å². The molecule has 0 radical (unpaired) electrons. The molecule has 0 aliphatic rings. The molecule has 10 heteroatoms. The van der Waals surface area contributed by atoms with Gasteiger partial charge in [0, 0.05) is 11.1 Å². The smallest absolute Gasteiger partial charge is 0.338 e. The molecule has 0 saturated heterocycles. The van der Waals surface area contributed by atoms with Crippen molar-refractivity contribution in [2.24, 2.45) is 0 Å². The Hall–Kier alpha value is -4.80. The van der Waals surface area contributed by atoms with Crippen LogP contribution in [0, 0.1) is 0 Å². The first-order valence-corrected chi connectivity index (χ1v) is 17.1. The van der Waals surface area contributed by atoms with E-state index in [4.69, 9.17) is 14.2 Å². The van der Waals surface area contributed by atoms with Crippen molar-refractivity contribution in [3.63, 3.8) is 0 Å². The Morgan fingerprint density at radius 1 is 0.469 bits per heavy atom. The van der Waals surface area contributed by atoms with Gasteiger partial charge in [-0.2, -0.15) is 0 Å². The van der Waals surface area contributed by atoms with Gasteiger partial charge in [-0.3, -0.25) is 0 Å². The molecule has 0 aliphatic carbocycles. The first-order valence-electron chi connectivity index (χ1n) is 15.7. The normalized spacial score (nSPS) is 12.3. The van der Waals surface area contributed by atoms with Crippen molar-refractivity contribution in [1.29, 1.82) is 0 Å². The minimum atomic E-state index is -5.09. The molecule has 258 valence electrons. The molecule has 0 spiro atoms. The average Bonchev–Trinajstić information content (AvgIpc) is 2.97. The van der Waals surface area contributed by atoms with Crippen molar-refractivity contribution < 1.29 is 41.6 Å². The molecule has 0 aromatic heterocycles. The predicted octanol–water partition coefficient (Wildman–Crippen LogP) is 8.46. The van der Waals surface area contributed by atoms with Crippen molar-refractivity contribution in [1.82, 2.24) is 0 Å². The van der Waals surface area contributed by atoms with Crippen LogP contribution < -0.4 is 0 Å². The summed E-state index contributed by atoms with van der Waals surface area (Å²) >= 11 is 0. The number of ether oxygens (including phenoxy) is 3. The second-order valence-electron chi connectivity index (χ2n) is 14.6. The van der Waals surface area contributed by atoms with E-state index in [0.29, 0.717) is 27.8 Å². The number of carbonyl (C=O) groups is 3. The van der Waals surface area contributed by atoms with Gasteiger partial charge in [-0.15, -0.1) is 0 Å². The summed E-state index contributed by atoms with van der Waals surface area (Å²) in [6.07, 6.45) is 0. The molecule has 4 aromatic carbocycles. The van der Waals surface area contributed by atoms with E-state index in [9.17, 15) is 27.4 Å². The molecule has 0 saturated carbocycles. The minimum absolute atomic E-state index is 0.102. The molecule has 4 rings (SSSR count). The highest BCUT2D eigenvalue weighted by atomic mass is 32.2. The van der Waals surface area contributed by atoms with Crippen molar-refractivity contribution in [3.05, 3.63) is 102 Å². The molecular formula is C39H41O9S-. The van der Waals surface area contributed by atoms with Crippen LogP contribution in [0.25, 0.3) is 33.4 Å². The van der Waals surface area contributed by atoms with Crippen LogP contribution in [-0.2, 0) is 24.3 Å². The molecule has 0 unspecified atom stereocenters. The maximum absolute atomic E-state index is 13.0. The molecule has 0 aliphatic heterocycles. The quantitative estimate of drug-likeness (QED) is 0.107. The zero-order valence-corrected chi connectivity index (χ0v) is 30.0. The minimum Gasteiger partial charge on any atom is -0.744 e. The molecule has 0 heterocycles. The molecule has 0 amide bonds. The highest BCUT2D eigenvalue weighted by Crippen LogP contribution is 2.40. The molecule has 4 aromatic rings. The summed E-state index contributed by atoms with van der Waals surface area (Å²) in [6.45, 7) is 15.8. The van der Waals surface area contributed by atoms with Gasteiger partial charge >= 0.3 is 17.9 Å². The Morgan fingerprint density at radius 2 is 0.735 bits per heavy atom. The monoisotopic (exact) mass is 685 g/mol. The largest absolute Gasteiger partial charge is 0.744 e. The summed E-state index contributed by atoms with van der Waals surface area (Å²) in [4.78, 5) is 37.5. The fourth-order valence-corrected chi connectivity index (χ4v) is 5.77. The van der Waals surface area contributed by atoms with Crippen LogP contribution in [0.1, 0.15) is 93.4 Å². The Balaban J connectivity index is 1.90. The lowest BCUT2D eigenvalue weighted by atomic mass is 9.92. The van der Waals surface area contributed by atoms with Gasteiger partial charge in [0.2, 0.25) is 0 Å². The highest BCUT2D eigenvalue weighted by Gasteiger charge is 2.24. The fraction of sp³-hybridized carbons (Fsp3) is 0.308. The van der Waals surface area contributed by atoms with Gasteiger partial charge in [-0.05, 0) is 133 Å².